The molecule has 2 rings (SSSR count). The van der Waals surface area contributed by atoms with Crippen molar-refractivity contribution >= 4 is 15.9 Å². The highest BCUT2D eigenvalue weighted by atomic mass is 79.9. The predicted molar refractivity (Wildman–Crippen MR) is 83.7 cm³/mol. The SMILES string of the molecule is NNC(CCc1ccccc1)Cc1ccc(Br)cc1F. The molecule has 1 atom stereocenters. The number of benzene rings is 2. The van der Waals surface area contributed by atoms with Gasteiger partial charge in [-0.15, -0.1) is 0 Å². The third-order valence-electron chi connectivity index (χ3n) is 3.34. The van der Waals surface area contributed by atoms with E-state index >= 15 is 0 Å². The first-order valence-electron chi connectivity index (χ1n) is 6.63. The van der Waals surface area contributed by atoms with Gasteiger partial charge < -0.3 is 0 Å². The van der Waals surface area contributed by atoms with Crippen molar-refractivity contribution in [3.8, 4) is 0 Å². The number of halogens is 2. The first-order chi connectivity index (χ1) is 9.69. The number of hydrogen-bond donors (Lipinski definition) is 2. The van der Waals surface area contributed by atoms with E-state index in [0.717, 1.165) is 17.3 Å². The molecule has 0 aliphatic rings. The first-order valence-corrected chi connectivity index (χ1v) is 7.42. The van der Waals surface area contributed by atoms with Crippen molar-refractivity contribution in [3.05, 3.63) is 69.9 Å². The molecule has 106 valence electrons. The van der Waals surface area contributed by atoms with Gasteiger partial charge in [-0.25, -0.2) is 4.39 Å². The summed E-state index contributed by atoms with van der Waals surface area (Å²) in [5.74, 6) is 5.39. The third-order valence-corrected chi connectivity index (χ3v) is 3.83. The van der Waals surface area contributed by atoms with E-state index in [9.17, 15) is 4.39 Å². The molecule has 20 heavy (non-hydrogen) atoms. The molecule has 0 saturated carbocycles. The van der Waals surface area contributed by atoms with Crippen LogP contribution in [-0.4, -0.2) is 6.04 Å². The second kappa shape index (κ2) is 7.53. The van der Waals surface area contributed by atoms with E-state index in [2.05, 4.69) is 33.5 Å². The molecule has 2 aromatic rings. The van der Waals surface area contributed by atoms with Crippen LogP contribution in [0.5, 0.6) is 0 Å². The van der Waals surface area contributed by atoms with E-state index in [1.54, 1.807) is 6.07 Å². The molecule has 4 heteroatoms. The van der Waals surface area contributed by atoms with Crippen molar-refractivity contribution in [3.63, 3.8) is 0 Å². The number of aryl methyl sites for hydroxylation is 1. The van der Waals surface area contributed by atoms with Crippen molar-refractivity contribution in [2.45, 2.75) is 25.3 Å². The van der Waals surface area contributed by atoms with Gasteiger partial charge in [0.15, 0.2) is 0 Å². The van der Waals surface area contributed by atoms with Gasteiger partial charge in [0, 0.05) is 10.5 Å². The number of hydrogen-bond acceptors (Lipinski definition) is 2. The molecule has 0 fully saturated rings. The summed E-state index contributed by atoms with van der Waals surface area (Å²) in [5, 5.41) is 0. The molecule has 0 aliphatic carbocycles. The zero-order chi connectivity index (χ0) is 14.4. The van der Waals surface area contributed by atoms with Crippen molar-refractivity contribution in [2.75, 3.05) is 0 Å². The highest BCUT2D eigenvalue weighted by molar-refractivity contribution is 9.10. The van der Waals surface area contributed by atoms with Gasteiger partial charge in [-0.2, -0.15) is 0 Å². The van der Waals surface area contributed by atoms with Crippen LogP contribution in [0.25, 0.3) is 0 Å². The van der Waals surface area contributed by atoms with Crippen LogP contribution in [0, 0.1) is 5.82 Å². The van der Waals surface area contributed by atoms with Crippen LogP contribution in [0.3, 0.4) is 0 Å². The van der Waals surface area contributed by atoms with Crippen LogP contribution in [0.4, 0.5) is 4.39 Å². The molecular weight excluding hydrogens is 319 g/mol. The molecule has 0 bridgehead atoms. The van der Waals surface area contributed by atoms with Crippen molar-refractivity contribution in [1.29, 1.82) is 0 Å². The molecule has 2 nitrogen and oxygen atoms in total. The normalized spacial score (nSPS) is 12.3. The highest BCUT2D eigenvalue weighted by Crippen LogP contribution is 2.17. The van der Waals surface area contributed by atoms with E-state index in [-0.39, 0.29) is 11.9 Å². The third kappa shape index (κ3) is 4.40. The van der Waals surface area contributed by atoms with Gasteiger partial charge in [-0.1, -0.05) is 52.3 Å². The minimum Gasteiger partial charge on any atom is -0.271 e. The molecule has 2 aromatic carbocycles. The summed E-state index contributed by atoms with van der Waals surface area (Å²) in [6.45, 7) is 0. The van der Waals surface area contributed by atoms with Gasteiger partial charge in [-0.05, 0) is 42.5 Å². The smallest absolute Gasteiger partial charge is 0.127 e. The van der Waals surface area contributed by atoms with E-state index in [4.69, 9.17) is 5.84 Å². The maximum Gasteiger partial charge on any atom is 0.127 e. The average molecular weight is 337 g/mol. The molecule has 0 radical (unpaired) electrons. The fraction of sp³-hybridized carbons (Fsp3) is 0.250. The van der Waals surface area contributed by atoms with Crippen LogP contribution in [0.1, 0.15) is 17.5 Å². The molecule has 0 spiro atoms. The Bertz CT molecular complexity index is 545. The van der Waals surface area contributed by atoms with Gasteiger partial charge in [0.2, 0.25) is 0 Å². The maximum absolute atomic E-state index is 13.8. The fourth-order valence-corrected chi connectivity index (χ4v) is 2.52. The second-order valence-corrected chi connectivity index (χ2v) is 5.74. The molecular formula is C16H18BrFN2. The summed E-state index contributed by atoms with van der Waals surface area (Å²) >= 11 is 3.26. The van der Waals surface area contributed by atoms with Crippen molar-refractivity contribution < 1.29 is 4.39 Å². The van der Waals surface area contributed by atoms with Crippen molar-refractivity contribution in [1.82, 2.24) is 5.43 Å². The van der Waals surface area contributed by atoms with Gasteiger partial charge in [0.25, 0.3) is 0 Å². The Morgan fingerprint density at radius 2 is 1.90 bits per heavy atom. The lowest BCUT2D eigenvalue weighted by Crippen LogP contribution is -2.37. The lowest BCUT2D eigenvalue weighted by atomic mass is 9.99. The molecule has 1 unspecified atom stereocenters. The second-order valence-electron chi connectivity index (χ2n) is 4.83. The molecule has 0 aromatic heterocycles. The standard InChI is InChI=1S/C16H18BrFN2/c17-14-8-7-13(16(18)11-14)10-15(20-19)9-6-12-4-2-1-3-5-12/h1-5,7-8,11,15,20H,6,9-10,19H2. The molecule has 0 amide bonds. The zero-order valence-electron chi connectivity index (χ0n) is 11.2. The summed E-state index contributed by atoms with van der Waals surface area (Å²) in [6.07, 6.45) is 2.38. The van der Waals surface area contributed by atoms with Crippen LogP contribution < -0.4 is 11.3 Å². The minimum atomic E-state index is -0.195. The quantitative estimate of drug-likeness (QED) is 0.624. The Morgan fingerprint density at radius 1 is 1.15 bits per heavy atom. The number of nitrogens with two attached hydrogens (primary N) is 1. The Labute approximate surface area is 127 Å². The lowest BCUT2D eigenvalue weighted by Gasteiger charge is -2.16. The van der Waals surface area contributed by atoms with E-state index in [1.165, 1.54) is 11.6 Å². The van der Waals surface area contributed by atoms with Crippen LogP contribution in [0.15, 0.2) is 53.0 Å². The average Bonchev–Trinajstić information content (AvgIpc) is 2.46. The number of nitrogens with one attached hydrogen (secondary N) is 1. The van der Waals surface area contributed by atoms with E-state index in [0.29, 0.717) is 12.0 Å². The Hall–Kier alpha value is -1.23. The molecule has 0 saturated heterocycles. The summed E-state index contributed by atoms with van der Waals surface area (Å²) in [5.41, 5.74) is 4.74. The van der Waals surface area contributed by atoms with E-state index < -0.39 is 0 Å². The lowest BCUT2D eigenvalue weighted by molar-refractivity contribution is 0.480. The number of rotatable bonds is 6. The molecule has 0 heterocycles. The number of hydrazine groups is 1. The van der Waals surface area contributed by atoms with Crippen molar-refractivity contribution in [2.24, 2.45) is 5.84 Å². The Morgan fingerprint density at radius 3 is 2.55 bits per heavy atom. The van der Waals surface area contributed by atoms with Crippen LogP contribution in [0.2, 0.25) is 0 Å². The van der Waals surface area contributed by atoms with Gasteiger partial charge in [-0.3, -0.25) is 11.3 Å². The minimum absolute atomic E-state index is 0.0610. The highest BCUT2D eigenvalue weighted by Gasteiger charge is 2.11. The summed E-state index contributed by atoms with van der Waals surface area (Å²) in [7, 11) is 0. The molecule has 3 N–H and O–H groups in total. The summed E-state index contributed by atoms with van der Waals surface area (Å²) in [6, 6.07) is 15.4. The summed E-state index contributed by atoms with van der Waals surface area (Å²) in [4.78, 5) is 0. The monoisotopic (exact) mass is 336 g/mol. The van der Waals surface area contributed by atoms with Gasteiger partial charge in [0.05, 0.1) is 0 Å². The maximum atomic E-state index is 13.8. The van der Waals surface area contributed by atoms with Crippen LogP contribution >= 0.6 is 15.9 Å². The van der Waals surface area contributed by atoms with Gasteiger partial charge >= 0.3 is 0 Å². The topological polar surface area (TPSA) is 38.0 Å². The zero-order valence-corrected chi connectivity index (χ0v) is 12.7. The Kier molecular flexibility index (Phi) is 5.71. The largest absolute Gasteiger partial charge is 0.271 e. The molecule has 0 aliphatic heterocycles. The first kappa shape index (κ1) is 15.2. The summed E-state index contributed by atoms with van der Waals surface area (Å²) < 4.78 is 14.6. The van der Waals surface area contributed by atoms with Gasteiger partial charge in [0.1, 0.15) is 5.82 Å². The predicted octanol–water partition coefficient (Wildman–Crippen LogP) is 3.60. The Balaban J connectivity index is 1.95. The van der Waals surface area contributed by atoms with Crippen LogP contribution in [-0.2, 0) is 12.8 Å². The fourth-order valence-electron chi connectivity index (χ4n) is 2.18. The van der Waals surface area contributed by atoms with E-state index in [1.807, 2.05) is 24.3 Å².